The lowest BCUT2D eigenvalue weighted by atomic mass is 9.95. The molecule has 1 N–H and O–H groups in total. The van der Waals surface area contributed by atoms with Crippen molar-refractivity contribution >= 4 is 28.3 Å². The van der Waals surface area contributed by atoms with Crippen LogP contribution >= 0.6 is 28.3 Å². The van der Waals surface area contributed by atoms with Crippen molar-refractivity contribution in [2.75, 3.05) is 13.7 Å². The molecule has 0 saturated heterocycles. The summed E-state index contributed by atoms with van der Waals surface area (Å²) in [5, 5.41) is 12.2. The van der Waals surface area contributed by atoms with E-state index in [1.54, 1.807) is 7.11 Å². The summed E-state index contributed by atoms with van der Waals surface area (Å²) in [5.41, 5.74) is 1.15. The molecule has 22 heavy (non-hydrogen) atoms. The van der Waals surface area contributed by atoms with Crippen LogP contribution in [-0.4, -0.2) is 19.8 Å². The van der Waals surface area contributed by atoms with E-state index in [1.807, 2.05) is 18.2 Å². The summed E-state index contributed by atoms with van der Waals surface area (Å²) in [6.45, 7) is 0.826. The van der Waals surface area contributed by atoms with Crippen molar-refractivity contribution < 1.29 is 9.47 Å². The maximum atomic E-state index is 8.62. The molecule has 0 aromatic heterocycles. The van der Waals surface area contributed by atoms with Gasteiger partial charge in [0.15, 0.2) is 18.1 Å². The van der Waals surface area contributed by atoms with Gasteiger partial charge in [-0.05, 0) is 46.5 Å². The fourth-order valence-electron chi connectivity index (χ4n) is 2.69. The zero-order valence-corrected chi connectivity index (χ0v) is 15.1. The Kier molecular flexibility index (Phi) is 8.62. The molecular weight excluding hydrogens is 368 g/mol. The summed E-state index contributed by atoms with van der Waals surface area (Å²) in [6.07, 6.45) is 6.54. The van der Waals surface area contributed by atoms with Gasteiger partial charge >= 0.3 is 0 Å². The Morgan fingerprint density at radius 1 is 1.32 bits per heavy atom. The minimum Gasteiger partial charge on any atom is -0.493 e. The molecule has 1 fully saturated rings. The number of methoxy groups -OCH3 is 1. The van der Waals surface area contributed by atoms with E-state index in [-0.39, 0.29) is 19.0 Å². The molecule has 0 heterocycles. The number of halogens is 2. The minimum absolute atomic E-state index is 0. The first-order valence-corrected chi connectivity index (χ1v) is 8.13. The molecule has 0 atom stereocenters. The van der Waals surface area contributed by atoms with Crippen LogP contribution in [-0.2, 0) is 6.54 Å². The predicted molar refractivity (Wildman–Crippen MR) is 92.8 cm³/mol. The minimum atomic E-state index is 0. The molecule has 0 spiro atoms. The van der Waals surface area contributed by atoms with Crippen LogP contribution in [0.4, 0.5) is 0 Å². The first-order valence-electron chi connectivity index (χ1n) is 7.34. The standard InChI is InChI=1S/C16H21BrN2O2.ClH/c1-20-15-10-12(9-14(17)16(15)21-8-7-18)11-19-13-5-3-2-4-6-13;/h9-10,13,19H,2-6,8,11H2,1H3;1H. The first kappa shape index (κ1) is 19.1. The van der Waals surface area contributed by atoms with E-state index in [0.717, 1.165) is 16.6 Å². The molecule has 0 amide bonds. The van der Waals surface area contributed by atoms with E-state index in [4.69, 9.17) is 14.7 Å². The summed E-state index contributed by atoms with van der Waals surface area (Å²) in [4.78, 5) is 0. The number of hydrogen-bond donors (Lipinski definition) is 1. The number of nitrogens with one attached hydrogen (secondary N) is 1. The van der Waals surface area contributed by atoms with Gasteiger partial charge in [-0.2, -0.15) is 5.26 Å². The van der Waals surface area contributed by atoms with Gasteiger partial charge in [0.1, 0.15) is 6.07 Å². The average molecular weight is 390 g/mol. The Morgan fingerprint density at radius 3 is 2.68 bits per heavy atom. The highest BCUT2D eigenvalue weighted by Gasteiger charge is 2.15. The van der Waals surface area contributed by atoms with Crippen LogP contribution in [0, 0.1) is 11.3 Å². The normalized spacial score (nSPS) is 14.8. The molecule has 122 valence electrons. The number of rotatable bonds is 6. The quantitative estimate of drug-likeness (QED) is 0.792. The van der Waals surface area contributed by atoms with Crippen LogP contribution in [0.15, 0.2) is 16.6 Å². The maximum Gasteiger partial charge on any atom is 0.176 e. The second kappa shape index (κ2) is 9.94. The SMILES string of the molecule is COc1cc(CNC2CCCCC2)cc(Br)c1OCC#N.Cl. The zero-order valence-electron chi connectivity index (χ0n) is 12.7. The van der Waals surface area contributed by atoms with Crippen molar-refractivity contribution in [3.05, 3.63) is 22.2 Å². The van der Waals surface area contributed by atoms with Gasteiger partial charge in [0.05, 0.1) is 11.6 Å². The van der Waals surface area contributed by atoms with Crippen LogP contribution in [0.1, 0.15) is 37.7 Å². The van der Waals surface area contributed by atoms with Crippen LogP contribution in [0.25, 0.3) is 0 Å². The van der Waals surface area contributed by atoms with Gasteiger partial charge in [-0.15, -0.1) is 12.4 Å². The Bertz CT molecular complexity index is 514. The van der Waals surface area contributed by atoms with E-state index >= 15 is 0 Å². The first-order chi connectivity index (χ1) is 10.2. The number of nitriles is 1. The Morgan fingerprint density at radius 2 is 2.05 bits per heavy atom. The van der Waals surface area contributed by atoms with Crippen molar-refractivity contribution in [3.8, 4) is 17.6 Å². The lowest BCUT2D eigenvalue weighted by Gasteiger charge is -2.23. The molecule has 1 aliphatic rings. The average Bonchev–Trinajstić information content (AvgIpc) is 2.52. The number of nitrogens with zero attached hydrogens (tertiary/aromatic N) is 1. The van der Waals surface area contributed by atoms with Crippen LogP contribution in [0.2, 0.25) is 0 Å². The summed E-state index contributed by atoms with van der Waals surface area (Å²) in [6, 6.07) is 6.57. The van der Waals surface area contributed by atoms with Crippen molar-refractivity contribution in [1.82, 2.24) is 5.32 Å². The second-order valence-corrected chi connectivity index (χ2v) is 6.13. The van der Waals surface area contributed by atoms with Crippen molar-refractivity contribution in [2.24, 2.45) is 0 Å². The molecule has 0 unspecified atom stereocenters. The third-order valence-corrected chi connectivity index (χ3v) is 4.36. The smallest absolute Gasteiger partial charge is 0.176 e. The van der Waals surface area contributed by atoms with Crippen LogP contribution in [0.5, 0.6) is 11.5 Å². The Labute approximate surface area is 146 Å². The van der Waals surface area contributed by atoms with Crippen molar-refractivity contribution in [1.29, 1.82) is 5.26 Å². The molecule has 0 bridgehead atoms. The molecule has 6 heteroatoms. The van der Waals surface area contributed by atoms with Gasteiger partial charge in [0.2, 0.25) is 0 Å². The number of benzene rings is 1. The highest BCUT2D eigenvalue weighted by Crippen LogP contribution is 2.36. The monoisotopic (exact) mass is 388 g/mol. The zero-order chi connectivity index (χ0) is 15.1. The van der Waals surface area contributed by atoms with Crippen molar-refractivity contribution in [3.63, 3.8) is 0 Å². The van der Waals surface area contributed by atoms with E-state index in [2.05, 4.69) is 21.2 Å². The Hall–Kier alpha value is -0.960. The van der Waals surface area contributed by atoms with Gasteiger partial charge < -0.3 is 14.8 Å². The van der Waals surface area contributed by atoms with Crippen LogP contribution < -0.4 is 14.8 Å². The Balaban J connectivity index is 0.00000242. The van der Waals surface area contributed by atoms with E-state index in [9.17, 15) is 0 Å². The van der Waals surface area contributed by atoms with Gasteiger partial charge in [0, 0.05) is 12.6 Å². The molecule has 0 aliphatic heterocycles. The van der Waals surface area contributed by atoms with Crippen LogP contribution in [0.3, 0.4) is 0 Å². The molecule has 1 saturated carbocycles. The predicted octanol–water partition coefficient (Wildman–Crippen LogP) is 4.20. The van der Waals surface area contributed by atoms with E-state index < -0.39 is 0 Å². The summed E-state index contributed by atoms with van der Waals surface area (Å²) in [5.74, 6) is 1.24. The third kappa shape index (κ3) is 5.35. The van der Waals surface area contributed by atoms with Gasteiger partial charge in [-0.1, -0.05) is 19.3 Å². The summed E-state index contributed by atoms with van der Waals surface area (Å²) >= 11 is 3.49. The lowest BCUT2D eigenvalue weighted by Crippen LogP contribution is -2.30. The molecule has 1 aromatic carbocycles. The number of hydrogen-bond acceptors (Lipinski definition) is 4. The topological polar surface area (TPSA) is 54.3 Å². The van der Waals surface area contributed by atoms with Gasteiger partial charge in [-0.25, -0.2) is 0 Å². The second-order valence-electron chi connectivity index (χ2n) is 5.27. The number of ether oxygens (including phenoxy) is 2. The summed E-state index contributed by atoms with van der Waals surface area (Å²) in [7, 11) is 1.61. The molecule has 1 aliphatic carbocycles. The molecule has 0 radical (unpaired) electrons. The van der Waals surface area contributed by atoms with E-state index in [1.165, 1.54) is 32.1 Å². The molecular formula is C16H22BrClN2O2. The highest BCUT2D eigenvalue weighted by molar-refractivity contribution is 9.10. The van der Waals surface area contributed by atoms with E-state index in [0.29, 0.717) is 17.5 Å². The maximum absolute atomic E-state index is 8.62. The third-order valence-electron chi connectivity index (χ3n) is 3.77. The molecule has 1 aromatic rings. The van der Waals surface area contributed by atoms with Gasteiger partial charge in [0.25, 0.3) is 0 Å². The van der Waals surface area contributed by atoms with Crippen molar-refractivity contribution in [2.45, 2.75) is 44.7 Å². The largest absolute Gasteiger partial charge is 0.493 e. The fourth-order valence-corrected chi connectivity index (χ4v) is 3.29. The molecule has 2 rings (SSSR count). The van der Waals surface area contributed by atoms with Gasteiger partial charge in [-0.3, -0.25) is 0 Å². The molecule has 4 nitrogen and oxygen atoms in total. The highest BCUT2D eigenvalue weighted by atomic mass is 79.9. The fraction of sp³-hybridized carbons (Fsp3) is 0.562. The lowest BCUT2D eigenvalue weighted by molar-refractivity contribution is 0.327. The summed E-state index contributed by atoms with van der Waals surface area (Å²) < 4.78 is 11.6.